The fourth-order valence-electron chi connectivity index (χ4n) is 2.00. The Hall–Kier alpha value is -1.73. The standard InChI is InChI=1S/C12H15N3O/c1-12(16)4-5-15(8-12)10-2-3-11(14)9(6-10)7-13/h2-3,6,16H,4-5,8,14H2,1H3. The molecule has 1 aromatic rings. The smallest absolute Gasteiger partial charge is 0.101 e. The van der Waals surface area contributed by atoms with E-state index in [1.165, 1.54) is 0 Å². The Morgan fingerprint density at radius 1 is 1.56 bits per heavy atom. The van der Waals surface area contributed by atoms with E-state index in [0.717, 1.165) is 18.7 Å². The summed E-state index contributed by atoms with van der Waals surface area (Å²) in [6, 6.07) is 7.46. The van der Waals surface area contributed by atoms with Gasteiger partial charge in [0.2, 0.25) is 0 Å². The minimum atomic E-state index is -0.631. The number of β-amino-alcohol motifs (C(OH)–C–C–N with tert-alkyl or cyclic N) is 1. The molecule has 0 bridgehead atoms. The number of nitrogens with two attached hydrogens (primary N) is 1. The predicted octanol–water partition coefficient (Wildman–Crippen LogP) is 1.10. The third kappa shape index (κ3) is 1.95. The number of benzene rings is 1. The molecule has 0 spiro atoms. The van der Waals surface area contributed by atoms with Gasteiger partial charge < -0.3 is 15.7 Å². The fraction of sp³-hybridized carbons (Fsp3) is 0.417. The molecule has 4 nitrogen and oxygen atoms in total. The monoisotopic (exact) mass is 217 g/mol. The molecule has 0 aliphatic carbocycles. The van der Waals surface area contributed by atoms with E-state index in [0.29, 0.717) is 17.8 Å². The van der Waals surface area contributed by atoms with Crippen LogP contribution in [0.15, 0.2) is 18.2 Å². The van der Waals surface area contributed by atoms with E-state index < -0.39 is 5.60 Å². The minimum absolute atomic E-state index is 0.490. The molecule has 1 unspecified atom stereocenters. The highest BCUT2D eigenvalue weighted by Gasteiger charge is 2.31. The highest BCUT2D eigenvalue weighted by atomic mass is 16.3. The summed E-state index contributed by atoms with van der Waals surface area (Å²) >= 11 is 0. The van der Waals surface area contributed by atoms with Crippen LogP contribution >= 0.6 is 0 Å². The topological polar surface area (TPSA) is 73.3 Å². The van der Waals surface area contributed by atoms with Crippen LogP contribution in [0.25, 0.3) is 0 Å². The SMILES string of the molecule is CC1(O)CCN(c2ccc(N)c(C#N)c2)C1. The maximum atomic E-state index is 9.88. The number of rotatable bonds is 1. The van der Waals surface area contributed by atoms with Crippen LogP contribution in [0.5, 0.6) is 0 Å². The molecular formula is C12H15N3O. The van der Waals surface area contributed by atoms with Crippen molar-refractivity contribution in [3.8, 4) is 6.07 Å². The molecule has 1 atom stereocenters. The van der Waals surface area contributed by atoms with Gasteiger partial charge in [-0.05, 0) is 31.5 Å². The summed E-state index contributed by atoms with van der Waals surface area (Å²) in [4.78, 5) is 2.07. The van der Waals surface area contributed by atoms with Crippen LogP contribution in [0.3, 0.4) is 0 Å². The van der Waals surface area contributed by atoms with Crippen molar-refractivity contribution in [1.82, 2.24) is 0 Å². The molecule has 1 aromatic carbocycles. The lowest BCUT2D eigenvalue weighted by atomic mass is 10.1. The van der Waals surface area contributed by atoms with Gasteiger partial charge in [0.1, 0.15) is 6.07 Å². The molecule has 84 valence electrons. The molecule has 0 saturated carbocycles. The summed E-state index contributed by atoms with van der Waals surface area (Å²) in [7, 11) is 0. The lowest BCUT2D eigenvalue weighted by Crippen LogP contribution is -2.29. The van der Waals surface area contributed by atoms with E-state index in [1.807, 2.05) is 13.0 Å². The van der Waals surface area contributed by atoms with E-state index in [9.17, 15) is 5.11 Å². The Morgan fingerprint density at radius 3 is 2.88 bits per heavy atom. The summed E-state index contributed by atoms with van der Waals surface area (Å²) in [5.74, 6) is 0. The first kappa shape index (κ1) is 10.8. The van der Waals surface area contributed by atoms with Crippen molar-refractivity contribution < 1.29 is 5.11 Å². The predicted molar refractivity (Wildman–Crippen MR) is 63.0 cm³/mol. The average Bonchev–Trinajstić information content (AvgIpc) is 2.59. The van der Waals surface area contributed by atoms with Gasteiger partial charge in [-0.2, -0.15) is 5.26 Å². The Labute approximate surface area is 94.9 Å². The van der Waals surface area contributed by atoms with E-state index in [4.69, 9.17) is 11.0 Å². The van der Waals surface area contributed by atoms with Gasteiger partial charge in [0.15, 0.2) is 0 Å². The van der Waals surface area contributed by atoms with E-state index in [2.05, 4.69) is 11.0 Å². The van der Waals surface area contributed by atoms with Crippen molar-refractivity contribution in [2.75, 3.05) is 23.7 Å². The van der Waals surface area contributed by atoms with Crippen LogP contribution in [-0.2, 0) is 0 Å². The van der Waals surface area contributed by atoms with Crippen LogP contribution < -0.4 is 10.6 Å². The number of hydrogen-bond acceptors (Lipinski definition) is 4. The third-order valence-corrected chi connectivity index (χ3v) is 2.97. The first-order valence-corrected chi connectivity index (χ1v) is 5.29. The summed E-state index contributed by atoms with van der Waals surface area (Å²) in [5, 5.41) is 18.8. The van der Waals surface area contributed by atoms with Gasteiger partial charge in [-0.25, -0.2) is 0 Å². The van der Waals surface area contributed by atoms with Gasteiger partial charge >= 0.3 is 0 Å². The first-order chi connectivity index (χ1) is 7.52. The maximum Gasteiger partial charge on any atom is 0.101 e. The Bertz CT molecular complexity index is 448. The maximum absolute atomic E-state index is 9.88. The third-order valence-electron chi connectivity index (χ3n) is 2.97. The summed E-state index contributed by atoms with van der Waals surface area (Å²) in [6.45, 7) is 3.24. The summed E-state index contributed by atoms with van der Waals surface area (Å²) < 4.78 is 0. The van der Waals surface area contributed by atoms with Crippen LogP contribution in [0.1, 0.15) is 18.9 Å². The molecule has 0 amide bonds. The van der Waals surface area contributed by atoms with Crippen LogP contribution in [0.4, 0.5) is 11.4 Å². The zero-order valence-electron chi connectivity index (χ0n) is 9.27. The lowest BCUT2D eigenvalue weighted by Gasteiger charge is -2.21. The second-order valence-corrected chi connectivity index (χ2v) is 4.55. The van der Waals surface area contributed by atoms with Gasteiger partial charge in [-0.3, -0.25) is 0 Å². The zero-order valence-corrected chi connectivity index (χ0v) is 9.27. The summed E-state index contributed by atoms with van der Waals surface area (Å²) in [6.07, 6.45) is 0.749. The van der Waals surface area contributed by atoms with Crippen LogP contribution in [0.2, 0.25) is 0 Å². The van der Waals surface area contributed by atoms with Crippen molar-refractivity contribution >= 4 is 11.4 Å². The molecule has 2 rings (SSSR count). The first-order valence-electron chi connectivity index (χ1n) is 5.29. The van der Waals surface area contributed by atoms with Crippen molar-refractivity contribution in [3.05, 3.63) is 23.8 Å². The quantitative estimate of drug-likeness (QED) is 0.691. The van der Waals surface area contributed by atoms with Crippen molar-refractivity contribution in [2.24, 2.45) is 0 Å². The van der Waals surface area contributed by atoms with Crippen LogP contribution in [0, 0.1) is 11.3 Å². The molecule has 4 heteroatoms. The molecular weight excluding hydrogens is 202 g/mol. The molecule has 1 aliphatic rings. The highest BCUT2D eigenvalue weighted by molar-refractivity contribution is 5.63. The van der Waals surface area contributed by atoms with Gasteiger partial charge in [0.25, 0.3) is 0 Å². The normalized spacial score (nSPS) is 24.4. The Kier molecular flexibility index (Phi) is 2.49. The average molecular weight is 217 g/mol. The Morgan fingerprint density at radius 2 is 2.31 bits per heavy atom. The molecule has 1 heterocycles. The zero-order chi connectivity index (χ0) is 11.8. The molecule has 0 radical (unpaired) electrons. The number of aliphatic hydroxyl groups is 1. The molecule has 1 fully saturated rings. The van der Waals surface area contributed by atoms with E-state index in [1.54, 1.807) is 12.1 Å². The van der Waals surface area contributed by atoms with Crippen LogP contribution in [-0.4, -0.2) is 23.8 Å². The fourth-order valence-corrected chi connectivity index (χ4v) is 2.00. The van der Waals surface area contributed by atoms with Crippen molar-refractivity contribution in [1.29, 1.82) is 5.26 Å². The number of anilines is 2. The number of hydrogen-bond donors (Lipinski definition) is 2. The number of nitrogens with zero attached hydrogens (tertiary/aromatic N) is 2. The number of nitrogen functional groups attached to an aromatic ring is 1. The highest BCUT2D eigenvalue weighted by Crippen LogP contribution is 2.28. The molecule has 1 saturated heterocycles. The summed E-state index contributed by atoms with van der Waals surface area (Å²) in [5.41, 5.74) is 6.97. The molecule has 1 aliphatic heterocycles. The lowest BCUT2D eigenvalue weighted by molar-refractivity contribution is 0.0839. The van der Waals surface area contributed by atoms with Gasteiger partial charge in [-0.1, -0.05) is 0 Å². The second kappa shape index (κ2) is 3.69. The van der Waals surface area contributed by atoms with Gasteiger partial charge in [0.05, 0.1) is 11.2 Å². The van der Waals surface area contributed by atoms with E-state index in [-0.39, 0.29) is 0 Å². The van der Waals surface area contributed by atoms with Gasteiger partial charge in [-0.15, -0.1) is 0 Å². The Balaban J connectivity index is 2.26. The van der Waals surface area contributed by atoms with Crippen molar-refractivity contribution in [2.45, 2.75) is 18.9 Å². The van der Waals surface area contributed by atoms with E-state index >= 15 is 0 Å². The largest absolute Gasteiger partial charge is 0.398 e. The molecule has 0 aromatic heterocycles. The number of nitriles is 1. The van der Waals surface area contributed by atoms with Gasteiger partial charge in [0, 0.05) is 24.5 Å². The molecule has 16 heavy (non-hydrogen) atoms. The second-order valence-electron chi connectivity index (χ2n) is 4.55. The minimum Gasteiger partial charge on any atom is -0.398 e. The van der Waals surface area contributed by atoms with Crippen molar-refractivity contribution in [3.63, 3.8) is 0 Å². The molecule has 3 N–H and O–H groups in total.